The molecule has 0 atom stereocenters. The molecule has 0 unspecified atom stereocenters. The van der Waals surface area contributed by atoms with Crippen LogP contribution in [-0.2, 0) is 9.84 Å². The SMILES string of the molecule is C[C](c1ccccn1)S(C)(=O)=O. The monoisotopic (exact) mass is 184 g/mol. The summed E-state index contributed by atoms with van der Waals surface area (Å²) in [5.74, 6) is 0. The normalized spacial score (nSPS) is 11.9. The number of hydrogen-bond acceptors (Lipinski definition) is 3. The zero-order valence-corrected chi connectivity index (χ0v) is 7.80. The quantitative estimate of drug-likeness (QED) is 0.689. The lowest BCUT2D eigenvalue weighted by Gasteiger charge is -2.05. The molecule has 1 radical (unpaired) electrons. The summed E-state index contributed by atoms with van der Waals surface area (Å²) in [5, 5.41) is 0.308. The standard InChI is InChI=1S/C8H10NO2S/c1-7(12(2,10)11)8-5-3-4-6-9-8/h3-6H,1-2H3. The maximum absolute atomic E-state index is 11.1. The van der Waals surface area contributed by atoms with Crippen LogP contribution in [-0.4, -0.2) is 19.7 Å². The Morgan fingerprint density at radius 3 is 2.50 bits per heavy atom. The maximum Gasteiger partial charge on any atom is 0.160 e. The second kappa shape index (κ2) is 3.23. The molecule has 1 aromatic heterocycles. The molecule has 0 saturated carbocycles. The molecule has 0 saturated heterocycles. The van der Waals surface area contributed by atoms with Gasteiger partial charge < -0.3 is 0 Å². The Balaban J connectivity index is 3.02. The van der Waals surface area contributed by atoms with E-state index in [2.05, 4.69) is 4.98 Å². The average Bonchev–Trinajstić information content (AvgIpc) is 2.03. The van der Waals surface area contributed by atoms with E-state index in [0.717, 1.165) is 0 Å². The molecule has 0 aliphatic carbocycles. The summed E-state index contributed by atoms with van der Waals surface area (Å²) in [4.78, 5) is 3.93. The molecular weight excluding hydrogens is 174 g/mol. The Morgan fingerprint density at radius 1 is 1.42 bits per heavy atom. The number of aromatic nitrogens is 1. The number of pyridine rings is 1. The minimum atomic E-state index is -3.10. The molecule has 0 bridgehead atoms. The van der Waals surface area contributed by atoms with Crippen LogP contribution in [0, 0.1) is 5.25 Å². The van der Waals surface area contributed by atoms with Crippen LogP contribution in [0.2, 0.25) is 0 Å². The van der Waals surface area contributed by atoms with Gasteiger partial charge in [-0.1, -0.05) is 6.07 Å². The van der Waals surface area contributed by atoms with E-state index < -0.39 is 9.84 Å². The van der Waals surface area contributed by atoms with E-state index in [9.17, 15) is 8.42 Å². The Bertz CT molecular complexity index is 345. The molecule has 0 spiro atoms. The molecule has 4 heteroatoms. The van der Waals surface area contributed by atoms with Crippen LogP contribution in [0.1, 0.15) is 12.6 Å². The van der Waals surface area contributed by atoms with Crippen LogP contribution in [0.5, 0.6) is 0 Å². The topological polar surface area (TPSA) is 47.0 Å². The number of sulfone groups is 1. The molecule has 0 fully saturated rings. The fraction of sp³-hybridized carbons (Fsp3) is 0.250. The molecular formula is C8H10NO2S. The average molecular weight is 184 g/mol. The molecule has 3 nitrogen and oxygen atoms in total. The Kier molecular flexibility index (Phi) is 2.47. The van der Waals surface area contributed by atoms with Gasteiger partial charge in [-0.05, 0) is 19.1 Å². The number of nitrogens with zero attached hydrogens (tertiary/aromatic N) is 1. The van der Waals surface area contributed by atoms with Crippen LogP contribution >= 0.6 is 0 Å². The lowest BCUT2D eigenvalue weighted by Crippen LogP contribution is -2.09. The lowest BCUT2D eigenvalue weighted by molar-refractivity contribution is 0.603. The van der Waals surface area contributed by atoms with Gasteiger partial charge >= 0.3 is 0 Å². The minimum absolute atomic E-state index is 0.308. The van der Waals surface area contributed by atoms with E-state index in [1.165, 1.54) is 6.26 Å². The summed E-state index contributed by atoms with van der Waals surface area (Å²) in [6.07, 6.45) is 2.75. The summed E-state index contributed by atoms with van der Waals surface area (Å²) in [5.41, 5.74) is 0.514. The lowest BCUT2D eigenvalue weighted by atomic mass is 10.3. The van der Waals surface area contributed by atoms with Gasteiger partial charge in [0.25, 0.3) is 0 Å². The zero-order valence-electron chi connectivity index (χ0n) is 6.98. The van der Waals surface area contributed by atoms with Crippen LogP contribution < -0.4 is 0 Å². The van der Waals surface area contributed by atoms with E-state index in [4.69, 9.17) is 0 Å². The van der Waals surface area contributed by atoms with E-state index in [1.54, 1.807) is 31.3 Å². The van der Waals surface area contributed by atoms with E-state index in [1.807, 2.05) is 0 Å². The Hall–Kier alpha value is -0.900. The molecule has 1 aromatic rings. The van der Waals surface area contributed by atoms with Crippen molar-refractivity contribution < 1.29 is 8.42 Å². The predicted octanol–water partition coefficient (Wildman–Crippen LogP) is 1.03. The van der Waals surface area contributed by atoms with Crippen LogP contribution in [0.3, 0.4) is 0 Å². The van der Waals surface area contributed by atoms with Gasteiger partial charge in [0.2, 0.25) is 0 Å². The van der Waals surface area contributed by atoms with E-state index in [0.29, 0.717) is 10.9 Å². The Morgan fingerprint density at radius 2 is 2.08 bits per heavy atom. The highest BCUT2D eigenvalue weighted by Crippen LogP contribution is 2.16. The van der Waals surface area contributed by atoms with E-state index in [-0.39, 0.29) is 0 Å². The van der Waals surface area contributed by atoms with Gasteiger partial charge in [0.1, 0.15) is 5.25 Å². The summed E-state index contributed by atoms with van der Waals surface area (Å²) in [6.45, 7) is 1.55. The van der Waals surface area contributed by atoms with Crippen LogP contribution in [0.4, 0.5) is 0 Å². The summed E-state index contributed by atoms with van der Waals surface area (Å²) in [7, 11) is -3.10. The van der Waals surface area contributed by atoms with Gasteiger partial charge in [-0.3, -0.25) is 4.98 Å². The summed E-state index contributed by atoms with van der Waals surface area (Å²) < 4.78 is 22.1. The van der Waals surface area contributed by atoms with Crippen molar-refractivity contribution >= 4 is 9.84 Å². The van der Waals surface area contributed by atoms with Crippen LogP contribution in [0.25, 0.3) is 0 Å². The third-order valence-electron chi connectivity index (χ3n) is 1.58. The second-order valence-electron chi connectivity index (χ2n) is 2.54. The Labute approximate surface area is 72.4 Å². The van der Waals surface area contributed by atoms with Gasteiger partial charge in [-0.15, -0.1) is 0 Å². The molecule has 1 heterocycles. The first-order valence-electron chi connectivity index (χ1n) is 3.47. The first kappa shape index (κ1) is 9.19. The largest absolute Gasteiger partial charge is 0.260 e. The first-order valence-corrected chi connectivity index (χ1v) is 5.36. The van der Waals surface area contributed by atoms with Crippen LogP contribution in [0.15, 0.2) is 24.4 Å². The fourth-order valence-electron chi connectivity index (χ4n) is 0.761. The molecule has 0 aliphatic heterocycles. The predicted molar refractivity (Wildman–Crippen MR) is 47.1 cm³/mol. The first-order chi connectivity index (χ1) is 5.52. The molecule has 12 heavy (non-hydrogen) atoms. The minimum Gasteiger partial charge on any atom is -0.260 e. The summed E-state index contributed by atoms with van der Waals surface area (Å²) >= 11 is 0. The molecule has 1 rings (SSSR count). The molecule has 0 aromatic carbocycles. The molecule has 0 aliphatic rings. The molecule has 0 amide bonds. The van der Waals surface area contributed by atoms with Crippen molar-refractivity contribution in [1.82, 2.24) is 4.98 Å². The number of rotatable bonds is 2. The second-order valence-corrected chi connectivity index (χ2v) is 4.70. The smallest absolute Gasteiger partial charge is 0.160 e. The highest BCUT2D eigenvalue weighted by atomic mass is 32.2. The van der Waals surface area contributed by atoms with Gasteiger partial charge in [-0.2, -0.15) is 0 Å². The number of hydrogen-bond donors (Lipinski definition) is 0. The third-order valence-corrected chi connectivity index (χ3v) is 2.90. The molecule has 65 valence electrons. The molecule has 0 N–H and O–H groups in total. The zero-order chi connectivity index (χ0) is 9.19. The third kappa shape index (κ3) is 2.04. The van der Waals surface area contributed by atoms with Gasteiger partial charge in [0, 0.05) is 12.5 Å². The van der Waals surface area contributed by atoms with E-state index >= 15 is 0 Å². The fourth-order valence-corrected chi connectivity index (χ4v) is 1.26. The maximum atomic E-state index is 11.1. The van der Waals surface area contributed by atoms with Crippen molar-refractivity contribution in [3.05, 3.63) is 35.3 Å². The van der Waals surface area contributed by atoms with Crippen molar-refractivity contribution in [3.8, 4) is 0 Å². The van der Waals surface area contributed by atoms with Crippen molar-refractivity contribution in [3.63, 3.8) is 0 Å². The van der Waals surface area contributed by atoms with Gasteiger partial charge in [0.15, 0.2) is 9.84 Å². The van der Waals surface area contributed by atoms with Crippen molar-refractivity contribution in [2.45, 2.75) is 6.92 Å². The van der Waals surface area contributed by atoms with Gasteiger partial charge in [0.05, 0.1) is 5.69 Å². The van der Waals surface area contributed by atoms with Crippen molar-refractivity contribution in [2.75, 3.05) is 6.26 Å². The highest BCUT2D eigenvalue weighted by Gasteiger charge is 2.18. The highest BCUT2D eigenvalue weighted by molar-refractivity contribution is 7.93. The van der Waals surface area contributed by atoms with Gasteiger partial charge in [-0.25, -0.2) is 8.42 Å². The summed E-state index contributed by atoms with van der Waals surface area (Å²) in [6, 6.07) is 5.19. The van der Waals surface area contributed by atoms with Crippen molar-refractivity contribution in [2.24, 2.45) is 0 Å². The van der Waals surface area contributed by atoms with Crippen molar-refractivity contribution in [1.29, 1.82) is 0 Å².